The fourth-order valence-corrected chi connectivity index (χ4v) is 3.78. The van der Waals surface area contributed by atoms with Crippen LogP contribution in [0, 0.1) is 19.8 Å². The van der Waals surface area contributed by atoms with Crippen LogP contribution in [-0.4, -0.2) is 11.0 Å². The largest absolute Gasteiger partial charge is 0.354 e. The summed E-state index contributed by atoms with van der Waals surface area (Å²) >= 11 is 5.32. The Bertz CT molecular complexity index is 918. The molecule has 28 heavy (non-hydrogen) atoms. The number of hydrogen-bond donors (Lipinski definition) is 3. The van der Waals surface area contributed by atoms with Crippen molar-refractivity contribution in [3.63, 3.8) is 0 Å². The molecule has 0 saturated carbocycles. The van der Waals surface area contributed by atoms with Crippen LogP contribution >= 0.6 is 12.2 Å². The maximum atomic E-state index is 13.2. The smallest absolute Gasteiger partial charge is 0.235 e. The summed E-state index contributed by atoms with van der Waals surface area (Å²) in [6, 6.07) is 14.0. The number of thiocarbonyl (C=S) groups is 1. The number of hydrogen-bond acceptors (Lipinski definition) is 2. The van der Waals surface area contributed by atoms with Gasteiger partial charge in [0, 0.05) is 11.4 Å². The number of carbonyl (C=O) groups is 1. The number of amides is 1. The molecule has 0 bridgehead atoms. The fraction of sp³-hybridized carbons (Fsp3) is 0.304. The van der Waals surface area contributed by atoms with Gasteiger partial charge in [-0.15, -0.1) is 0 Å². The first-order valence-electron chi connectivity index (χ1n) is 9.50. The van der Waals surface area contributed by atoms with Crippen molar-refractivity contribution in [2.24, 2.45) is 5.92 Å². The van der Waals surface area contributed by atoms with Gasteiger partial charge in [-0.2, -0.15) is 0 Å². The van der Waals surface area contributed by atoms with Gasteiger partial charge in [0.05, 0.1) is 6.04 Å². The molecule has 1 heterocycles. The molecule has 0 aliphatic carbocycles. The van der Waals surface area contributed by atoms with E-state index >= 15 is 0 Å². The predicted octanol–water partition coefficient (Wildman–Crippen LogP) is 4.71. The third-order valence-electron chi connectivity index (χ3n) is 5.15. The lowest BCUT2D eigenvalue weighted by Gasteiger charge is -2.35. The van der Waals surface area contributed by atoms with E-state index in [1.54, 1.807) is 0 Å². The van der Waals surface area contributed by atoms with E-state index < -0.39 is 5.92 Å². The van der Waals surface area contributed by atoms with Crippen molar-refractivity contribution in [2.45, 2.75) is 39.7 Å². The van der Waals surface area contributed by atoms with Crippen molar-refractivity contribution in [1.82, 2.24) is 10.6 Å². The van der Waals surface area contributed by atoms with E-state index in [1.165, 1.54) is 5.56 Å². The predicted molar refractivity (Wildman–Crippen MR) is 119 cm³/mol. The van der Waals surface area contributed by atoms with Crippen molar-refractivity contribution >= 4 is 28.9 Å². The third-order valence-corrected chi connectivity index (χ3v) is 5.37. The molecule has 4 nitrogen and oxygen atoms in total. The molecule has 0 radical (unpaired) electrons. The monoisotopic (exact) mass is 393 g/mol. The summed E-state index contributed by atoms with van der Waals surface area (Å²) in [4.78, 5) is 13.2. The Kier molecular flexibility index (Phi) is 5.84. The molecule has 2 aromatic carbocycles. The Balaban J connectivity index is 1.89. The maximum Gasteiger partial charge on any atom is 0.235 e. The maximum absolute atomic E-state index is 13.2. The molecule has 3 rings (SSSR count). The van der Waals surface area contributed by atoms with Crippen molar-refractivity contribution < 1.29 is 4.79 Å². The first-order valence-corrected chi connectivity index (χ1v) is 9.91. The van der Waals surface area contributed by atoms with Crippen LogP contribution in [-0.2, 0) is 4.79 Å². The van der Waals surface area contributed by atoms with Crippen LogP contribution in [0.25, 0.3) is 0 Å². The topological polar surface area (TPSA) is 53.2 Å². The Morgan fingerprint density at radius 2 is 1.82 bits per heavy atom. The summed E-state index contributed by atoms with van der Waals surface area (Å²) in [5.74, 6) is -0.149. The number of aryl methyl sites for hydroxylation is 2. The van der Waals surface area contributed by atoms with Crippen LogP contribution in [0.4, 0.5) is 5.69 Å². The van der Waals surface area contributed by atoms with Crippen LogP contribution in [0.1, 0.15) is 48.1 Å². The van der Waals surface area contributed by atoms with Gasteiger partial charge in [-0.05, 0) is 54.7 Å². The Morgan fingerprint density at radius 3 is 2.43 bits per heavy atom. The zero-order chi connectivity index (χ0) is 20.4. The zero-order valence-electron chi connectivity index (χ0n) is 16.8. The SMILES string of the molecule is C=C1NC(=S)N[C@H](c2ccc(C(C)C)cc2)[C@H]1C(=O)Nc1ccc(C)cc1C. The summed E-state index contributed by atoms with van der Waals surface area (Å²) in [7, 11) is 0. The molecule has 0 spiro atoms. The van der Waals surface area contributed by atoms with Gasteiger partial charge in [0.25, 0.3) is 0 Å². The number of nitrogens with one attached hydrogen (secondary N) is 3. The molecular formula is C23H27N3OS. The molecule has 5 heteroatoms. The highest BCUT2D eigenvalue weighted by molar-refractivity contribution is 7.80. The van der Waals surface area contributed by atoms with Crippen LogP contribution in [0.15, 0.2) is 54.7 Å². The third kappa shape index (κ3) is 4.25. The van der Waals surface area contributed by atoms with E-state index in [1.807, 2.05) is 26.0 Å². The second-order valence-electron chi connectivity index (χ2n) is 7.71. The minimum Gasteiger partial charge on any atom is -0.354 e. The van der Waals surface area contributed by atoms with Crippen molar-refractivity contribution in [3.05, 3.63) is 77.0 Å². The van der Waals surface area contributed by atoms with Crippen LogP contribution in [0.5, 0.6) is 0 Å². The first-order chi connectivity index (χ1) is 13.3. The highest BCUT2D eigenvalue weighted by atomic mass is 32.1. The molecule has 0 aromatic heterocycles. The average Bonchev–Trinajstić information content (AvgIpc) is 2.63. The molecule has 146 valence electrons. The van der Waals surface area contributed by atoms with Gasteiger partial charge >= 0.3 is 0 Å². The van der Waals surface area contributed by atoms with E-state index in [4.69, 9.17) is 12.2 Å². The lowest BCUT2D eigenvalue weighted by atomic mass is 9.87. The van der Waals surface area contributed by atoms with E-state index in [-0.39, 0.29) is 11.9 Å². The molecule has 1 fully saturated rings. The summed E-state index contributed by atoms with van der Waals surface area (Å²) in [5, 5.41) is 9.81. The standard InChI is InChI=1S/C23H27N3OS/c1-13(2)17-7-9-18(10-8-17)21-20(16(5)24-23(28)26-21)22(27)25-19-11-6-14(3)12-15(19)4/h6-13,20-21H,5H2,1-4H3,(H,25,27)(H2,24,26,28)/t20-,21+/m0/s1. The molecule has 2 aromatic rings. The lowest BCUT2D eigenvalue weighted by molar-refractivity contribution is -0.119. The van der Waals surface area contributed by atoms with Crippen LogP contribution < -0.4 is 16.0 Å². The van der Waals surface area contributed by atoms with Gasteiger partial charge in [0.1, 0.15) is 5.92 Å². The van der Waals surface area contributed by atoms with Gasteiger partial charge in [-0.1, -0.05) is 62.4 Å². The van der Waals surface area contributed by atoms with Crippen molar-refractivity contribution in [2.75, 3.05) is 5.32 Å². The molecule has 0 unspecified atom stereocenters. The van der Waals surface area contributed by atoms with E-state index in [9.17, 15) is 4.79 Å². The van der Waals surface area contributed by atoms with Gasteiger partial charge in [0.15, 0.2) is 5.11 Å². The van der Waals surface area contributed by atoms with Crippen molar-refractivity contribution in [3.8, 4) is 0 Å². The average molecular weight is 394 g/mol. The zero-order valence-corrected chi connectivity index (χ0v) is 17.6. The van der Waals surface area contributed by atoms with Gasteiger partial charge in [0.2, 0.25) is 5.91 Å². The second kappa shape index (κ2) is 8.15. The summed E-state index contributed by atoms with van der Waals surface area (Å²) < 4.78 is 0. The highest BCUT2D eigenvalue weighted by Crippen LogP contribution is 2.31. The summed E-state index contributed by atoms with van der Waals surface area (Å²) in [6.45, 7) is 12.4. The first kappa shape index (κ1) is 20.1. The van der Waals surface area contributed by atoms with Gasteiger partial charge in [-0.3, -0.25) is 4.79 Å². The molecule has 1 amide bonds. The summed E-state index contributed by atoms with van der Waals surface area (Å²) in [5.41, 5.74) is 5.87. The van der Waals surface area contributed by atoms with E-state index in [0.717, 1.165) is 22.4 Å². The number of benzene rings is 2. The fourth-order valence-electron chi connectivity index (χ4n) is 3.52. The Labute approximate surface area is 172 Å². The minimum absolute atomic E-state index is 0.114. The van der Waals surface area contributed by atoms with Crippen LogP contribution in [0.3, 0.4) is 0 Å². The molecular weight excluding hydrogens is 366 g/mol. The summed E-state index contributed by atoms with van der Waals surface area (Å²) in [6.07, 6.45) is 0. The number of carbonyl (C=O) groups excluding carboxylic acids is 1. The van der Waals surface area contributed by atoms with E-state index in [2.05, 4.69) is 66.7 Å². The molecule has 1 aliphatic rings. The quantitative estimate of drug-likeness (QED) is 0.658. The molecule has 2 atom stereocenters. The second-order valence-corrected chi connectivity index (χ2v) is 8.12. The van der Waals surface area contributed by atoms with Gasteiger partial charge < -0.3 is 16.0 Å². The van der Waals surface area contributed by atoms with Crippen LogP contribution in [0.2, 0.25) is 0 Å². The minimum atomic E-state index is -0.489. The molecule has 3 N–H and O–H groups in total. The van der Waals surface area contributed by atoms with Gasteiger partial charge in [-0.25, -0.2) is 0 Å². The molecule has 1 saturated heterocycles. The lowest BCUT2D eigenvalue weighted by Crippen LogP contribution is -2.51. The normalized spacial score (nSPS) is 19.2. The van der Waals surface area contributed by atoms with Crippen molar-refractivity contribution in [1.29, 1.82) is 0 Å². The van der Waals surface area contributed by atoms with E-state index in [0.29, 0.717) is 16.7 Å². The highest BCUT2D eigenvalue weighted by Gasteiger charge is 2.36. The number of anilines is 1. The molecule has 1 aliphatic heterocycles. The number of rotatable bonds is 4. The Hall–Kier alpha value is -2.66. The Morgan fingerprint density at radius 1 is 1.14 bits per heavy atom.